The summed E-state index contributed by atoms with van der Waals surface area (Å²) >= 11 is 0. The fourth-order valence-corrected chi connectivity index (χ4v) is 2.90. The van der Waals surface area contributed by atoms with E-state index in [1.54, 1.807) is 36.5 Å². The highest BCUT2D eigenvalue weighted by atomic mass is 16.3. The molecule has 0 bridgehead atoms. The topological polar surface area (TPSA) is 66.6 Å². The van der Waals surface area contributed by atoms with Crippen LogP contribution >= 0.6 is 0 Å². The fourth-order valence-electron chi connectivity index (χ4n) is 2.90. The van der Waals surface area contributed by atoms with Gasteiger partial charge in [-0.25, -0.2) is 5.43 Å². The van der Waals surface area contributed by atoms with Crippen molar-refractivity contribution in [1.29, 1.82) is 0 Å². The fraction of sp³-hybridized carbons (Fsp3) is 0. The molecule has 0 fully saturated rings. The van der Waals surface area contributed by atoms with Crippen molar-refractivity contribution in [3.8, 4) is 11.4 Å². The van der Waals surface area contributed by atoms with Crippen LogP contribution in [0.5, 0.6) is 5.75 Å². The van der Waals surface area contributed by atoms with Crippen molar-refractivity contribution in [2.45, 2.75) is 0 Å². The van der Waals surface area contributed by atoms with E-state index in [1.165, 1.54) is 0 Å². The number of nitrogens with one attached hydrogen (secondary N) is 1. The molecule has 1 heterocycles. The molecular formula is C22H17N3O2. The van der Waals surface area contributed by atoms with Crippen LogP contribution in [0, 0.1) is 0 Å². The number of aromatic hydroxyl groups is 1. The maximum atomic E-state index is 12.3. The molecular weight excluding hydrogens is 338 g/mol. The molecule has 2 N–H and O–H groups in total. The van der Waals surface area contributed by atoms with Gasteiger partial charge in [-0.15, -0.1) is 0 Å². The lowest BCUT2D eigenvalue weighted by molar-refractivity contribution is 0.0955. The lowest BCUT2D eigenvalue weighted by Gasteiger charge is -2.06. The van der Waals surface area contributed by atoms with E-state index in [2.05, 4.69) is 10.5 Å². The van der Waals surface area contributed by atoms with Gasteiger partial charge in [-0.3, -0.25) is 4.79 Å². The summed E-state index contributed by atoms with van der Waals surface area (Å²) in [6.07, 6.45) is 3.48. The lowest BCUT2D eigenvalue weighted by atomic mass is 10.1. The van der Waals surface area contributed by atoms with E-state index in [0.29, 0.717) is 5.56 Å². The average Bonchev–Trinajstić information content (AvgIpc) is 3.16. The van der Waals surface area contributed by atoms with E-state index in [4.69, 9.17) is 0 Å². The predicted molar refractivity (Wildman–Crippen MR) is 106 cm³/mol. The highest BCUT2D eigenvalue weighted by Gasteiger charge is 2.06. The smallest absolute Gasteiger partial charge is 0.271 e. The molecule has 0 saturated carbocycles. The van der Waals surface area contributed by atoms with Crippen molar-refractivity contribution >= 4 is 22.9 Å². The van der Waals surface area contributed by atoms with E-state index in [9.17, 15) is 9.90 Å². The van der Waals surface area contributed by atoms with Gasteiger partial charge in [0.1, 0.15) is 5.75 Å². The largest absolute Gasteiger partial charge is 0.508 e. The molecule has 3 aromatic carbocycles. The predicted octanol–water partition coefficient (Wildman–Crippen LogP) is 4.10. The molecule has 0 aliphatic rings. The number of amides is 1. The van der Waals surface area contributed by atoms with E-state index in [-0.39, 0.29) is 11.7 Å². The summed E-state index contributed by atoms with van der Waals surface area (Å²) in [5, 5.41) is 15.6. The summed E-state index contributed by atoms with van der Waals surface area (Å²) in [5.74, 6) is -0.0523. The van der Waals surface area contributed by atoms with Gasteiger partial charge in [-0.05, 0) is 59.3 Å². The lowest BCUT2D eigenvalue weighted by Crippen LogP contribution is -2.17. The van der Waals surface area contributed by atoms with Gasteiger partial charge in [0.2, 0.25) is 0 Å². The van der Waals surface area contributed by atoms with E-state index in [1.807, 2.05) is 59.3 Å². The molecule has 0 atom stereocenters. The third kappa shape index (κ3) is 3.57. The van der Waals surface area contributed by atoms with Crippen LogP contribution in [-0.4, -0.2) is 21.8 Å². The summed E-state index contributed by atoms with van der Waals surface area (Å²) in [4.78, 5) is 12.3. The molecule has 0 saturated heterocycles. The highest BCUT2D eigenvalue weighted by molar-refractivity contribution is 5.98. The zero-order chi connectivity index (χ0) is 18.6. The van der Waals surface area contributed by atoms with E-state index < -0.39 is 0 Å². The van der Waals surface area contributed by atoms with Gasteiger partial charge in [0.05, 0.1) is 11.9 Å². The number of hydrogen-bond donors (Lipinski definition) is 2. The molecule has 0 radical (unpaired) electrons. The van der Waals surface area contributed by atoms with Gasteiger partial charge in [-0.2, -0.15) is 5.10 Å². The number of carbonyl (C=O) groups excluding carboxylic acids is 1. The standard InChI is InChI=1S/C22H17N3O2/c26-21-11-9-19(10-12-21)25-13-3-6-20(25)15-23-24-22(27)18-8-7-16-4-1-2-5-17(16)14-18/h1-15,26H,(H,24,27)/b23-15-. The molecule has 27 heavy (non-hydrogen) atoms. The van der Waals surface area contributed by atoms with Crippen LogP contribution in [0.1, 0.15) is 16.1 Å². The van der Waals surface area contributed by atoms with Crippen LogP contribution in [0.4, 0.5) is 0 Å². The highest BCUT2D eigenvalue weighted by Crippen LogP contribution is 2.16. The molecule has 0 unspecified atom stereocenters. The van der Waals surface area contributed by atoms with Crippen molar-refractivity contribution in [3.05, 3.63) is 96.3 Å². The summed E-state index contributed by atoms with van der Waals surface area (Å²) in [5.41, 5.74) is 4.82. The van der Waals surface area contributed by atoms with Gasteiger partial charge in [0.25, 0.3) is 5.91 Å². The molecule has 1 aromatic heterocycles. The number of benzene rings is 3. The van der Waals surface area contributed by atoms with Crippen LogP contribution < -0.4 is 5.43 Å². The molecule has 0 aliphatic heterocycles. The minimum absolute atomic E-state index is 0.212. The van der Waals surface area contributed by atoms with Crippen LogP contribution in [0.15, 0.2) is 90.2 Å². The molecule has 5 nitrogen and oxygen atoms in total. The Kier molecular flexibility index (Phi) is 4.41. The minimum Gasteiger partial charge on any atom is -0.508 e. The Morgan fingerprint density at radius 2 is 1.70 bits per heavy atom. The number of phenols is 1. The van der Waals surface area contributed by atoms with Crippen LogP contribution in [0.2, 0.25) is 0 Å². The Bertz CT molecular complexity index is 1130. The first-order valence-electron chi connectivity index (χ1n) is 8.50. The van der Waals surface area contributed by atoms with Gasteiger partial charge in [0.15, 0.2) is 0 Å². The second-order valence-electron chi connectivity index (χ2n) is 6.08. The summed E-state index contributed by atoms with van der Waals surface area (Å²) in [6.45, 7) is 0. The van der Waals surface area contributed by atoms with Crippen molar-refractivity contribution in [1.82, 2.24) is 9.99 Å². The zero-order valence-electron chi connectivity index (χ0n) is 14.4. The van der Waals surface area contributed by atoms with Gasteiger partial charge >= 0.3 is 0 Å². The van der Waals surface area contributed by atoms with Crippen molar-refractivity contribution in [2.24, 2.45) is 5.10 Å². The second-order valence-corrected chi connectivity index (χ2v) is 6.08. The second kappa shape index (κ2) is 7.17. The van der Waals surface area contributed by atoms with Gasteiger partial charge < -0.3 is 9.67 Å². The van der Waals surface area contributed by atoms with Gasteiger partial charge in [-0.1, -0.05) is 30.3 Å². The molecule has 1 amide bonds. The number of fused-ring (bicyclic) bond motifs is 1. The van der Waals surface area contributed by atoms with E-state index >= 15 is 0 Å². The Morgan fingerprint density at radius 1 is 0.926 bits per heavy atom. The number of carbonyl (C=O) groups is 1. The molecule has 132 valence electrons. The molecule has 0 spiro atoms. The summed E-state index contributed by atoms with van der Waals surface area (Å²) in [6, 6.07) is 24.1. The molecule has 0 aliphatic carbocycles. The third-order valence-corrected chi connectivity index (χ3v) is 4.28. The normalized spacial score (nSPS) is 11.1. The monoisotopic (exact) mass is 355 g/mol. The third-order valence-electron chi connectivity index (χ3n) is 4.28. The number of hydrazone groups is 1. The quantitative estimate of drug-likeness (QED) is 0.427. The molecule has 4 aromatic rings. The van der Waals surface area contributed by atoms with Crippen molar-refractivity contribution < 1.29 is 9.90 Å². The average molecular weight is 355 g/mol. The van der Waals surface area contributed by atoms with Gasteiger partial charge in [0, 0.05) is 17.4 Å². The maximum Gasteiger partial charge on any atom is 0.271 e. The SMILES string of the molecule is O=C(N/N=C\c1cccn1-c1ccc(O)cc1)c1ccc2ccccc2c1. The Balaban J connectivity index is 1.50. The minimum atomic E-state index is -0.264. The van der Waals surface area contributed by atoms with E-state index in [0.717, 1.165) is 22.2 Å². The number of hydrogen-bond acceptors (Lipinski definition) is 3. The van der Waals surface area contributed by atoms with Crippen LogP contribution in [0.25, 0.3) is 16.5 Å². The first-order chi connectivity index (χ1) is 13.2. The first kappa shape index (κ1) is 16.6. The summed E-state index contributed by atoms with van der Waals surface area (Å²) in [7, 11) is 0. The number of aromatic nitrogens is 1. The first-order valence-corrected chi connectivity index (χ1v) is 8.50. The zero-order valence-corrected chi connectivity index (χ0v) is 14.4. The Morgan fingerprint density at radius 3 is 2.52 bits per heavy atom. The number of nitrogens with zero attached hydrogens (tertiary/aromatic N) is 2. The van der Waals surface area contributed by atoms with Crippen molar-refractivity contribution in [2.75, 3.05) is 0 Å². The summed E-state index contributed by atoms with van der Waals surface area (Å²) < 4.78 is 1.91. The maximum absolute atomic E-state index is 12.3. The Hall–Kier alpha value is -3.86. The van der Waals surface area contributed by atoms with Crippen LogP contribution in [0.3, 0.4) is 0 Å². The number of rotatable bonds is 4. The Labute approximate surface area is 156 Å². The molecule has 4 rings (SSSR count). The van der Waals surface area contributed by atoms with Crippen LogP contribution in [-0.2, 0) is 0 Å². The van der Waals surface area contributed by atoms with Crippen molar-refractivity contribution in [3.63, 3.8) is 0 Å². The molecule has 5 heteroatoms. The number of phenolic OH excluding ortho intramolecular Hbond substituents is 1.